The highest BCUT2D eigenvalue weighted by Gasteiger charge is 2.28. The predicted octanol–water partition coefficient (Wildman–Crippen LogP) is 3.70. The van der Waals surface area contributed by atoms with Crippen molar-refractivity contribution < 1.29 is 0 Å². The summed E-state index contributed by atoms with van der Waals surface area (Å²) in [5.41, 5.74) is 2.39. The molecule has 1 heterocycles. The molecule has 0 bridgehead atoms. The maximum absolute atomic E-state index is 4.69. The molecule has 1 fully saturated rings. The zero-order valence-electron chi connectivity index (χ0n) is 8.70. The highest BCUT2D eigenvalue weighted by molar-refractivity contribution is 9.10. The van der Waals surface area contributed by atoms with Crippen LogP contribution in [0, 0.1) is 0 Å². The minimum Gasteiger partial charge on any atom is -0.324 e. The van der Waals surface area contributed by atoms with Gasteiger partial charge in [-0.1, -0.05) is 13.0 Å². The number of nitrogens with zero attached hydrogens (tertiary/aromatic N) is 2. The fourth-order valence-corrected chi connectivity index (χ4v) is 2.68. The number of aryl methyl sites for hydroxylation is 1. The van der Waals surface area contributed by atoms with Gasteiger partial charge in [0.05, 0.1) is 11.0 Å². The number of para-hydroxylation sites is 1. The molecule has 2 nitrogen and oxygen atoms in total. The molecule has 78 valence electrons. The van der Waals surface area contributed by atoms with E-state index in [9.17, 15) is 0 Å². The van der Waals surface area contributed by atoms with Gasteiger partial charge in [0.25, 0.3) is 0 Å². The molecule has 0 aliphatic heterocycles. The molecule has 0 saturated heterocycles. The topological polar surface area (TPSA) is 17.8 Å². The van der Waals surface area contributed by atoms with Gasteiger partial charge in [-0.2, -0.15) is 0 Å². The first kappa shape index (κ1) is 9.40. The molecule has 0 N–H and O–H groups in total. The summed E-state index contributed by atoms with van der Waals surface area (Å²) >= 11 is 3.63. The second kappa shape index (κ2) is 3.34. The number of rotatable bonds is 2. The van der Waals surface area contributed by atoms with Gasteiger partial charge in [0.2, 0.25) is 0 Å². The van der Waals surface area contributed by atoms with Crippen LogP contribution >= 0.6 is 15.9 Å². The summed E-state index contributed by atoms with van der Waals surface area (Å²) in [5, 5.41) is 0. The lowest BCUT2D eigenvalue weighted by atomic mass is 10.3. The molecule has 15 heavy (non-hydrogen) atoms. The number of halogens is 1. The van der Waals surface area contributed by atoms with Crippen LogP contribution in [0.25, 0.3) is 11.0 Å². The predicted molar refractivity (Wildman–Crippen MR) is 65.1 cm³/mol. The average molecular weight is 265 g/mol. The van der Waals surface area contributed by atoms with Crippen LogP contribution in [0.2, 0.25) is 0 Å². The van der Waals surface area contributed by atoms with E-state index < -0.39 is 0 Å². The van der Waals surface area contributed by atoms with Crippen LogP contribution in [0.1, 0.15) is 31.6 Å². The molecular formula is C12H13BrN2. The Balaban J connectivity index is 2.35. The van der Waals surface area contributed by atoms with Gasteiger partial charge >= 0.3 is 0 Å². The van der Waals surface area contributed by atoms with E-state index in [-0.39, 0.29) is 0 Å². The van der Waals surface area contributed by atoms with Gasteiger partial charge in [-0.15, -0.1) is 0 Å². The fourth-order valence-electron chi connectivity index (χ4n) is 2.13. The Bertz CT molecular complexity index is 512. The maximum atomic E-state index is 4.69. The van der Waals surface area contributed by atoms with Crippen molar-refractivity contribution in [3.8, 4) is 0 Å². The highest BCUT2D eigenvalue weighted by atomic mass is 79.9. The van der Waals surface area contributed by atoms with Gasteiger partial charge in [0.15, 0.2) is 0 Å². The summed E-state index contributed by atoms with van der Waals surface area (Å²) in [7, 11) is 0. The van der Waals surface area contributed by atoms with Crippen LogP contribution in [0.15, 0.2) is 22.7 Å². The summed E-state index contributed by atoms with van der Waals surface area (Å²) in [6.45, 7) is 2.17. The number of fused-ring (bicyclic) bond motifs is 1. The lowest BCUT2D eigenvalue weighted by Gasteiger charge is -2.06. The molecule has 3 rings (SSSR count). The number of hydrogen-bond acceptors (Lipinski definition) is 1. The Kier molecular flexibility index (Phi) is 2.09. The second-order valence-electron chi connectivity index (χ2n) is 4.09. The fraction of sp³-hybridized carbons (Fsp3) is 0.417. The van der Waals surface area contributed by atoms with Crippen LogP contribution in [0.4, 0.5) is 0 Å². The molecular weight excluding hydrogens is 252 g/mol. The third-order valence-corrected chi connectivity index (χ3v) is 3.60. The second-order valence-corrected chi connectivity index (χ2v) is 4.94. The smallest absolute Gasteiger partial charge is 0.109 e. The quantitative estimate of drug-likeness (QED) is 0.809. The van der Waals surface area contributed by atoms with Gasteiger partial charge in [0, 0.05) is 16.9 Å². The van der Waals surface area contributed by atoms with Gasteiger partial charge in [-0.05, 0) is 40.9 Å². The molecule has 0 amide bonds. The first-order valence-electron chi connectivity index (χ1n) is 5.46. The maximum Gasteiger partial charge on any atom is 0.109 e. The monoisotopic (exact) mass is 264 g/mol. The van der Waals surface area contributed by atoms with E-state index in [1.54, 1.807) is 0 Å². The highest BCUT2D eigenvalue weighted by Crippen LogP contribution is 2.40. The molecule has 2 aromatic rings. The van der Waals surface area contributed by atoms with E-state index in [2.05, 4.69) is 50.6 Å². The number of hydrogen-bond donors (Lipinski definition) is 0. The zero-order chi connectivity index (χ0) is 10.4. The minimum atomic E-state index is 0.698. The van der Waals surface area contributed by atoms with Crippen LogP contribution in [-0.4, -0.2) is 9.55 Å². The van der Waals surface area contributed by atoms with Crippen molar-refractivity contribution >= 4 is 27.0 Å². The number of benzene rings is 1. The Morgan fingerprint density at radius 2 is 2.27 bits per heavy atom. The summed E-state index contributed by atoms with van der Waals surface area (Å²) in [6.07, 6.45) is 3.62. The molecule has 0 atom stereocenters. The van der Waals surface area contributed by atoms with E-state index in [4.69, 9.17) is 0 Å². The summed E-state index contributed by atoms with van der Waals surface area (Å²) in [5.74, 6) is 1.22. The molecule has 3 heteroatoms. The summed E-state index contributed by atoms with van der Waals surface area (Å²) in [4.78, 5) is 4.69. The first-order chi connectivity index (χ1) is 7.31. The van der Waals surface area contributed by atoms with Crippen molar-refractivity contribution in [3.63, 3.8) is 0 Å². The van der Waals surface area contributed by atoms with Crippen LogP contribution in [0.3, 0.4) is 0 Å². The Labute approximate surface area is 97.4 Å². The molecule has 1 aromatic carbocycles. The summed E-state index contributed by atoms with van der Waals surface area (Å²) in [6, 6.07) is 6.94. The Morgan fingerprint density at radius 1 is 1.47 bits per heavy atom. The van der Waals surface area contributed by atoms with Gasteiger partial charge in [-0.3, -0.25) is 0 Å². The molecule has 1 saturated carbocycles. The molecule has 1 aromatic heterocycles. The van der Waals surface area contributed by atoms with Crippen LogP contribution in [0.5, 0.6) is 0 Å². The SMILES string of the molecule is CCc1nc2cccc(Br)c2n1C1CC1. The van der Waals surface area contributed by atoms with Crippen molar-refractivity contribution in [2.45, 2.75) is 32.2 Å². The van der Waals surface area contributed by atoms with Gasteiger partial charge in [0.1, 0.15) is 5.82 Å². The van der Waals surface area contributed by atoms with Crippen molar-refractivity contribution in [3.05, 3.63) is 28.5 Å². The minimum absolute atomic E-state index is 0.698. The van der Waals surface area contributed by atoms with Gasteiger partial charge in [-0.25, -0.2) is 4.98 Å². The molecule has 1 aliphatic rings. The van der Waals surface area contributed by atoms with Crippen molar-refractivity contribution in [2.75, 3.05) is 0 Å². The Hall–Kier alpha value is -0.830. The number of imidazole rings is 1. The van der Waals surface area contributed by atoms with Crippen LogP contribution < -0.4 is 0 Å². The van der Waals surface area contributed by atoms with E-state index in [0.29, 0.717) is 6.04 Å². The van der Waals surface area contributed by atoms with Gasteiger partial charge < -0.3 is 4.57 Å². The lowest BCUT2D eigenvalue weighted by Crippen LogP contribution is -2.00. The molecule has 0 radical (unpaired) electrons. The molecule has 1 aliphatic carbocycles. The van der Waals surface area contributed by atoms with E-state index in [0.717, 1.165) is 11.9 Å². The molecule has 0 spiro atoms. The Morgan fingerprint density at radius 3 is 2.93 bits per heavy atom. The summed E-state index contributed by atoms with van der Waals surface area (Å²) < 4.78 is 3.58. The lowest BCUT2D eigenvalue weighted by molar-refractivity contribution is 0.707. The zero-order valence-corrected chi connectivity index (χ0v) is 10.3. The molecule has 0 unspecified atom stereocenters. The number of aromatic nitrogens is 2. The van der Waals surface area contributed by atoms with Crippen molar-refractivity contribution in [1.82, 2.24) is 9.55 Å². The largest absolute Gasteiger partial charge is 0.324 e. The standard InChI is InChI=1S/C12H13BrN2/c1-2-11-14-10-5-3-4-9(13)12(10)15(11)8-6-7-8/h3-5,8H,2,6-7H2,1H3. The first-order valence-corrected chi connectivity index (χ1v) is 6.26. The van der Waals surface area contributed by atoms with E-state index >= 15 is 0 Å². The third-order valence-electron chi connectivity index (χ3n) is 2.96. The normalized spacial score (nSPS) is 16.1. The van der Waals surface area contributed by atoms with Crippen molar-refractivity contribution in [2.24, 2.45) is 0 Å². The van der Waals surface area contributed by atoms with Crippen LogP contribution in [-0.2, 0) is 6.42 Å². The van der Waals surface area contributed by atoms with E-state index in [1.807, 2.05) is 0 Å². The van der Waals surface area contributed by atoms with E-state index in [1.165, 1.54) is 28.7 Å². The third kappa shape index (κ3) is 1.41. The average Bonchev–Trinajstić information content (AvgIpc) is 2.99. The van der Waals surface area contributed by atoms with Crippen molar-refractivity contribution in [1.29, 1.82) is 0 Å².